The van der Waals surface area contributed by atoms with Gasteiger partial charge < -0.3 is 30.1 Å². The van der Waals surface area contributed by atoms with Crippen molar-refractivity contribution < 1.29 is 51.3 Å². The summed E-state index contributed by atoms with van der Waals surface area (Å²) in [7, 11) is -0.647. The zero-order chi connectivity index (χ0) is 14.9. The van der Waals surface area contributed by atoms with E-state index >= 15 is 0 Å². The number of halogens is 2. The molecule has 1 aromatic rings. The summed E-state index contributed by atoms with van der Waals surface area (Å²) in [5.41, 5.74) is 2.47. The Kier molecular flexibility index (Phi) is 10.2. The van der Waals surface area contributed by atoms with E-state index in [9.17, 15) is 4.79 Å². The first-order valence-corrected chi connectivity index (χ1v) is 10.5. The maximum atomic E-state index is 13.0. The summed E-state index contributed by atoms with van der Waals surface area (Å²) < 4.78 is 0. The largest absolute Gasteiger partial charge is 2.00 e. The van der Waals surface area contributed by atoms with E-state index in [4.69, 9.17) is 0 Å². The van der Waals surface area contributed by atoms with Gasteiger partial charge in [0.15, 0.2) is 0 Å². The van der Waals surface area contributed by atoms with Gasteiger partial charge in [0.2, 0.25) is 5.91 Å². The summed E-state index contributed by atoms with van der Waals surface area (Å²) >= 11 is 0. The zero-order valence-corrected chi connectivity index (χ0v) is 18.3. The van der Waals surface area contributed by atoms with Crippen LogP contribution in [0.3, 0.4) is 0 Å². The predicted molar refractivity (Wildman–Crippen MR) is 89.6 cm³/mol. The van der Waals surface area contributed by atoms with Crippen LogP contribution in [0.25, 0.3) is 6.08 Å². The van der Waals surface area contributed by atoms with Crippen LogP contribution in [0, 0.1) is 0 Å². The maximum Gasteiger partial charge on any atom is 2.00 e. The normalized spacial score (nSPS) is 20.2. The monoisotopic (exact) mass is 416 g/mol. The van der Waals surface area contributed by atoms with Crippen LogP contribution in [0.2, 0.25) is 18.1 Å². The van der Waals surface area contributed by atoms with Gasteiger partial charge in [-0.3, -0.25) is 4.79 Å². The van der Waals surface area contributed by atoms with Gasteiger partial charge in [0, 0.05) is 5.04 Å². The van der Waals surface area contributed by atoms with Crippen LogP contribution in [-0.2, 0) is 26.5 Å². The van der Waals surface area contributed by atoms with E-state index in [2.05, 4.69) is 54.8 Å². The van der Waals surface area contributed by atoms with Crippen LogP contribution in [0.4, 0.5) is 0 Å². The standard InChI is InChI=1S/C18H24NOSi.2ClH.Ti/c1-21(2)18(12-6-3-7-13-18)17(20)19-16-11-10-14-8-4-5-9-15(14)16;;;/h4-5,8-11,16H,3,6-7,12-13H2,1-2H3,(H,19,20);2*1H;/q;;;+2/p-2. The van der Waals surface area contributed by atoms with Crippen LogP contribution in [-0.4, -0.2) is 14.7 Å². The quantitative estimate of drug-likeness (QED) is 0.587. The van der Waals surface area contributed by atoms with Crippen molar-refractivity contribution in [2.45, 2.75) is 56.3 Å². The van der Waals surface area contributed by atoms with Gasteiger partial charge in [-0.25, -0.2) is 0 Å². The van der Waals surface area contributed by atoms with Crippen LogP contribution in [0.1, 0.15) is 49.3 Å². The van der Waals surface area contributed by atoms with E-state index in [1.807, 2.05) is 0 Å². The van der Waals surface area contributed by atoms with Crippen LogP contribution in [0.5, 0.6) is 0 Å². The predicted octanol–water partition coefficient (Wildman–Crippen LogP) is -1.66. The summed E-state index contributed by atoms with van der Waals surface area (Å²) in [5.74, 6) is 0.299. The number of nitrogens with one attached hydrogen (secondary N) is 1. The van der Waals surface area contributed by atoms with Crippen LogP contribution in [0.15, 0.2) is 30.3 Å². The van der Waals surface area contributed by atoms with Crippen molar-refractivity contribution >= 4 is 20.8 Å². The molecule has 24 heavy (non-hydrogen) atoms. The molecule has 2 nitrogen and oxygen atoms in total. The van der Waals surface area contributed by atoms with Crippen molar-refractivity contribution in [3.8, 4) is 0 Å². The van der Waals surface area contributed by atoms with Gasteiger partial charge in [0.05, 0.1) is 14.8 Å². The summed E-state index contributed by atoms with van der Waals surface area (Å²) in [6.07, 6.45) is 10.1. The molecule has 2 aliphatic carbocycles. The Morgan fingerprint density at radius 2 is 1.75 bits per heavy atom. The van der Waals surface area contributed by atoms with Gasteiger partial charge in [-0.05, 0) is 24.0 Å². The Bertz CT molecular complexity index is 574. The molecule has 1 amide bonds. The van der Waals surface area contributed by atoms with Crippen molar-refractivity contribution in [3.05, 3.63) is 41.5 Å². The number of carbonyl (C=O) groups is 1. The smallest absolute Gasteiger partial charge is 1.00 e. The number of hydrogen-bond acceptors (Lipinski definition) is 1. The van der Waals surface area contributed by atoms with E-state index in [0.29, 0.717) is 5.91 Å². The van der Waals surface area contributed by atoms with E-state index in [1.165, 1.54) is 30.4 Å². The van der Waals surface area contributed by atoms with Crippen LogP contribution >= 0.6 is 0 Å². The fraction of sp³-hybridized carbons (Fsp3) is 0.500. The molecule has 1 radical (unpaired) electrons. The zero-order valence-electron chi connectivity index (χ0n) is 14.2. The molecule has 0 heterocycles. The fourth-order valence-electron chi connectivity index (χ4n) is 3.76. The topological polar surface area (TPSA) is 29.1 Å². The molecule has 1 unspecified atom stereocenters. The fourth-order valence-corrected chi connectivity index (χ4v) is 5.64. The van der Waals surface area contributed by atoms with E-state index < -0.39 is 8.80 Å². The Labute approximate surface area is 174 Å². The minimum atomic E-state index is -0.647. The molecular formula is C18H24Cl2NOSiTi. The van der Waals surface area contributed by atoms with Gasteiger partial charge >= 0.3 is 21.7 Å². The van der Waals surface area contributed by atoms with Crippen molar-refractivity contribution in [2.24, 2.45) is 0 Å². The van der Waals surface area contributed by atoms with Crippen molar-refractivity contribution in [1.82, 2.24) is 5.32 Å². The number of fused-ring (bicyclic) bond motifs is 1. The number of hydrogen-bond donors (Lipinski definition) is 1. The van der Waals surface area contributed by atoms with E-state index in [0.717, 1.165) is 12.8 Å². The second kappa shape index (κ2) is 10.2. The summed E-state index contributed by atoms with van der Waals surface area (Å²) in [4.78, 5) is 13.0. The van der Waals surface area contributed by atoms with Gasteiger partial charge in [0.1, 0.15) is 0 Å². The molecule has 0 saturated heterocycles. The van der Waals surface area contributed by atoms with Crippen LogP contribution < -0.4 is 30.1 Å². The number of benzene rings is 1. The third kappa shape index (κ3) is 4.56. The number of amides is 1. The second-order valence-electron chi connectivity index (χ2n) is 6.58. The van der Waals surface area contributed by atoms with Gasteiger partial charge in [-0.15, -0.1) is 0 Å². The molecule has 0 bridgehead atoms. The molecule has 1 N–H and O–H groups in total. The molecule has 6 heteroatoms. The SMILES string of the molecule is C[Si](C)C1(C(=O)NC2C=Cc3ccccc32)CCCCC1.[Cl-].[Cl-].[Ti+2]. The number of carbonyl (C=O) groups excluding carboxylic acids is 1. The van der Waals surface area contributed by atoms with Gasteiger partial charge in [-0.1, -0.05) is 68.8 Å². The van der Waals surface area contributed by atoms with Crippen molar-refractivity contribution in [1.29, 1.82) is 0 Å². The van der Waals surface area contributed by atoms with Crippen molar-refractivity contribution in [2.75, 3.05) is 0 Å². The minimum Gasteiger partial charge on any atom is -1.00 e. The molecule has 0 aliphatic heterocycles. The second-order valence-corrected chi connectivity index (χ2v) is 9.54. The summed E-state index contributed by atoms with van der Waals surface area (Å²) in [6.45, 7) is 4.60. The molecule has 1 saturated carbocycles. The van der Waals surface area contributed by atoms with Gasteiger partial charge in [0.25, 0.3) is 0 Å². The van der Waals surface area contributed by atoms with E-state index in [-0.39, 0.29) is 57.6 Å². The Balaban J connectivity index is 0.00000176. The molecule has 0 spiro atoms. The average Bonchev–Trinajstić information content (AvgIpc) is 2.91. The molecule has 1 aromatic carbocycles. The van der Waals surface area contributed by atoms with Crippen molar-refractivity contribution in [3.63, 3.8) is 0 Å². The Hall–Kier alpha value is -0.0588. The molecule has 0 aromatic heterocycles. The first kappa shape index (κ1) is 23.9. The summed E-state index contributed by atoms with van der Waals surface area (Å²) in [6, 6.07) is 8.40. The molecular weight excluding hydrogens is 393 g/mol. The number of rotatable bonds is 3. The first-order valence-electron chi connectivity index (χ1n) is 8.02. The molecule has 2 aliphatic rings. The summed E-state index contributed by atoms with van der Waals surface area (Å²) in [5, 5.41) is 3.27. The van der Waals surface area contributed by atoms with Gasteiger partial charge in [-0.2, -0.15) is 0 Å². The molecule has 129 valence electrons. The molecule has 1 atom stereocenters. The Morgan fingerprint density at radius 1 is 1.12 bits per heavy atom. The molecule has 1 fully saturated rings. The van der Waals surface area contributed by atoms with E-state index in [1.54, 1.807) is 0 Å². The first-order chi connectivity index (χ1) is 10.1. The average molecular weight is 417 g/mol. The molecule has 3 rings (SSSR count). The Morgan fingerprint density at radius 3 is 2.38 bits per heavy atom. The minimum absolute atomic E-state index is 0. The third-order valence-electron chi connectivity index (χ3n) is 5.18. The maximum absolute atomic E-state index is 13.0. The third-order valence-corrected chi connectivity index (χ3v) is 7.83.